The maximum Gasteiger partial charge on any atom is 0.315 e. The molecular weight excluding hydrogens is 258 g/mol. The first-order valence-corrected chi connectivity index (χ1v) is 7.23. The molecule has 5 heteroatoms. The monoisotopic (exact) mass is 279 g/mol. The molecule has 0 radical (unpaired) electrons. The number of rotatable bonds is 4. The molecule has 2 heterocycles. The summed E-state index contributed by atoms with van der Waals surface area (Å²) in [5, 5.41) is 10.3. The lowest BCUT2D eigenvalue weighted by Crippen LogP contribution is -2.73. The Morgan fingerprint density at radius 2 is 2.30 bits per heavy atom. The fourth-order valence-electron chi connectivity index (χ4n) is 4.47. The van der Waals surface area contributed by atoms with Gasteiger partial charge in [0.05, 0.1) is 5.41 Å². The van der Waals surface area contributed by atoms with Gasteiger partial charge in [-0.25, -0.2) is 0 Å². The molecule has 0 aromatic heterocycles. The van der Waals surface area contributed by atoms with Crippen molar-refractivity contribution in [2.24, 2.45) is 28.9 Å². The molecule has 4 bridgehead atoms. The van der Waals surface area contributed by atoms with E-state index in [-0.39, 0.29) is 23.7 Å². The Kier molecular flexibility index (Phi) is 2.77. The molecule has 5 atom stereocenters. The number of ether oxygens (including phenoxy) is 1. The van der Waals surface area contributed by atoms with E-state index in [1.807, 2.05) is 6.92 Å². The number of allylic oxidation sites excluding steroid dienone is 1. The summed E-state index contributed by atoms with van der Waals surface area (Å²) in [6, 6.07) is 0. The average Bonchev–Trinajstić information content (AvgIpc) is 2.34. The molecule has 5 nitrogen and oxygen atoms in total. The zero-order valence-electron chi connectivity index (χ0n) is 11.9. The summed E-state index contributed by atoms with van der Waals surface area (Å²) in [6.07, 6.45) is 4.66. The molecule has 2 aliphatic heterocycles. The van der Waals surface area contributed by atoms with Gasteiger partial charge in [0.15, 0.2) is 0 Å². The van der Waals surface area contributed by atoms with Crippen molar-refractivity contribution in [3.8, 4) is 0 Å². The first-order valence-electron chi connectivity index (χ1n) is 7.23. The second kappa shape index (κ2) is 4.07. The molecule has 5 fully saturated rings. The van der Waals surface area contributed by atoms with Crippen molar-refractivity contribution in [2.75, 3.05) is 0 Å². The zero-order chi connectivity index (χ0) is 14.7. The minimum atomic E-state index is -1.24. The van der Waals surface area contributed by atoms with Crippen LogP contribution in [-0.4, -0.2) is 22.8 Å². The number of esters is 1. The van der Waals surface area contributed by atoms with Crippen LogP contribution in [0.1, 0.15) is 39.5 Å². The van der Waals surface area contributed by atoms with E-state index in [9.17, 15) is 14.7 Å². The Labute approximate surface area is 118 Å². The molecule has 0 aromatic rings. The predicted molar refractivity (Wildman–Crippen MR) is 71.0 cm³/mol. The van der Waals surface area contributed by atoms with Crippen LogP contribution in [0, 0.1) is 23.2 Å². The van der Waals surface area contributed by atoms with Gasteiger partial charge in [0.2, 0.25) is 11.7 Å². The fourth-order valence-corrected chi connectivity index (χ4v) is 4.47. The second-order valence-electron chi connectivity index (χ2n) is 6.60. The minimum Gasteiger partial charge on any atom is -0.433 e. The van der Waals surface area contributed by atoms with Crippen LogP contribution in [0.25, 0.3) is 0 Å². The van der Waals surface area contributed by atoms with Gasteiger partial charge in [-0.15, -0.1) is 0 Å². The van der Waals surface area contributed by atoms with Crippen LogP contribution in [0.3, 0.4) is 0 Å². The Bertz CT molecular complexity index is 514. The van der Waals surface area contributed by atoms with Gasteiger partial charge in [-0.1, -0.05) is 13.0 Å². The summed E-state index contributed by atoms with van der Waals surface area (Å²) in [5.74, 6) is -1.51. The van der Waals surface area contributed by atoms with E-state index in [1.54, 1.807) is 13.0 Å². The standard InChI is InChI=1S/C15H21NO4/c1-8(12(16)17)4-3-5-14-10-6-11(14)9(2)15(19,7-10)20-13(14)18/h4,9-11,19H,3,5-7H2,1-2H3,(H2,16,17)/b8-4+/t9-,10+,11+,14-,15+/m0/s1. The first kappa shape index (κ1) is 13.6. The number of aliphatic hydroxyl groups is 1. The van der Waals surface area contributed by atoms with E-state index >= 15 is 0 Å². The van der Waals surface area contributed by atoms with Crippen molar-refractivity contribution in [3.63, 3.8) is 0 Å². The van der Waals surface area contributed by atoms with Gasteiger partial charge >= 0.3 is 5.97 Å². The molecule has 5 rings (SSSR count). The summed E-state index contributed by atoms with van der Waals surface area (Å²) < 4.78 is 5.30. The van der Waals surface area contributed by atoms with Crippen molar-refractivity contribution >= 4 is 11.9 Å². The molecule has 110 valence electrons. The highest BCUT2D eigenvalue weighted by Crippen LogP contribution is 2.70. The third-order valence-corrected chi connectivity index (χ3v) is 5.83. The maximum atomic E-state index is 12.3. The molecule has 2 saturated heterocycles. The van der Waals surface area contributed by atoms with E-state index in [4.69, 9.17) is 10.5 Å². The average molecular weight is 279 g/mol. The van der Waals surface area contributed by atoms with E-state index in [0.29, 0.717) is 24.8 Å². The van der Waals surface area contributed by atoms with Crippen LogP contribution in [-0.2, 0) is 14.3 Å². The number of carbonyl (C=O) groups is 2. The SMILES string of the molecule is C/C(=C\CC[C@]12C(=O)O[C@]3(O)C[C@H]1C[C@@H]2[C@@H]3C)C(N)=O. The topological polar surface area (TPSA) is 89.6 Å². The maximum absolute atomic E-state index is 12.3. The summed E-state index contributed by atoms with van der Waals surface area (Å²) in [5.41, 5.74) is 5.28. The highest BCUT2D eigenvalue weighted by Gasteiger charge is 2.74. The Morgan fingerprint density at radius 1 is 1.60 bits per heavy atom. The Morgan fingerprint density at radius 3 is 2.85 bits per heavy atom. The van der Waals surface area contributed by atoms with Gasteiger partial charge < -0.3 is 15.6 Å². The van der Waals surface area contributed by atoms with Crippen LogP contribution in [0.4, 0.5) is 0 Å². The van der Waals surface area contributed by atoms with Gasteiger partial charge in [0.1, 0.15) is 0 Å². The number of hydrogen-bond donors (Lipinski definition) is 2. The van der Waals surface area contributed by atoms with Crippen LogP contribution >= 0.6 is 0 Å². The van der Waals surface area contributed by atoms with Gasteiger partial charge in [-0.3, -0.25) is 9.59 Å². The molecule has 3 saturated carbocycles. The molecule has 20 heavy (non-hydrogen) atoms. The Hall–Kier alpha value is -1.36. The van der Waals surface area contributed by atoms with E-state index in [2.05, 4.69) is 0 Å². The van der Waals surface area contributed by atoms with Crippen LogP contribution in [0.2, 0.25) is 0 Å². The summed E-state index contributed by atoms with van der Waals surface area (Å²) >= 11 is 0. The van der Waals surface area contributed by atoms with Gasteiger partial charge in [-0.05, 0) is 38.0 Å². The van der Waals surface area contributed by atoms with Gasteiger partial charge in [0, 0.05) is 17.9 Å². The lowest BCUT2D eigenvalue weighted by molar-refractivity contribution is -0.355. The van der Waals surface area contributed by atoms with Crippen molar-refractivity contribution in [1.82, 2.24) is 0 Å². The predicted octanol–water partition coefficient (Wildman–Crippen LogP) is 1.11. The highest BCUT2D eigenvalue weighted by atomic mass is 16.7. The number of hydrogen-bond acceptors (Lipinski definition) is 4. The molecule has 0 unspecified atom stereocenters. The third-order valence-electron chi connectivity index (χ3n) is 5.83. The smallest absolute Gasteiger partial charge is 0.315 e. The highest BCUT2D eigenvalue weighted by molar-refractivity contribution is 5.91. The number of nitrogens with two attached hydrogens (primary N) is 1. The lowest BCUT2D eigenvalue weighted by atomic mass is 9.40. The summed E-state index contributed by atoms with van der Waals surface area (Å²) in [7, 11) is 0. The van der Waals surface area contributed by atoms with Crippen LogP contribution in [0.5, 0.6) is 0 Å². The molecule has 3 aliphatic carbocycles. The molecule has 0 aromatic carbocycles. The van der Waals surface area contributed by atoms with Crippen molar-refractivity contribution in [3.05, 3.63) is 11.6 Å². The number of carbonyl (C=O) groups excluding carboxylic acids is 2. The molecule has 1 amide bonds. The number of primary amides is 1. The van der Waals surface area contributed by atoms with Gasteiger partial charge in [-0.2, -0.15) is 0 Å². The minimum absolute atomic E-state index is 0.00795. The Balaban J connectivity index is 1.78. The summed E-state index contributed by atoms with van der Waals surface area (Å²) in [6.45, 7) is 3.65. The third kappa shape index (κ3) is 1.53. The fraction of sp³-hybridized carbons (Fsp3) is 0.733. The quantitative estimate of drug-likeness (QED) is 0.596. The van der Waals surface area contributed by atoms with Crippen molar-refractivity contribution < 1.29 is 19.4 Å². The van der Waals surface area contributed by atoms with Crippen LogP contribution < -0.4 is 5.73 Å². The molecule has 0 spiro atoms. The van der Waals surface area contributed by atoms with E-state index in [0.717, 1.165) is 6.42 Å². The normalized spacial score (nSPS) is 45.9. The molecule has 5 aliphatic rings. The largest absolute Gasteiger partial charge is 0.433 e. The molecule has 3 N–H and O–H groups in total. The molecular formula is C15H21NO4. The van der Waals surface area contributed by atoms with Gasteiger partial charge in [0.25, 0.3) is 0 Å². The number of amides is 1. The van der Waals surface area contributed by atoms with E-state index in [1.165, 1.54) is 0 Å². The lowest BCUT2D eigenvalue weighted by Gasteiger charge is -2.68. The van der Waals surface area contributed by atoms with Crippen molar-refractivity contribution in [2.45, 2.75) is 45.3 Å². The first-order chi connectivity index (χ1) is 9.31. The summed E-state index contributed by atoms with van der Waals surface area (Å²) in [4.78, 5) is 23.3. The number of fused-ring (bicyclic) bond motifs is 1. The van der Waals surface area contributed by atoms with Crippen molar-refractivity contribution in [1.29, 1.82) is 0 Å². The van der Waals surface area contributed by atoms with E-state index < -0.39 is 17.1 Å². The van der Waals surface area contributed by atoms with Crippen LogP contribution in [0.15, 0.2) is 11.6 Å². The zero-order valence-corrected chi connectivity index (χ0v) is 11.9. The second-order valence-corrected chi connectivity index (χ2v) is 6.60.